The zero-order valence-corrected chi connectivity index (χ0v) is 7.65. The Bertz CT molecular complexity index is 274. The molecule has 0 amide bonds. The lowest BCUT2D eigenvalue weighted by molar-refractivity contribution is -0.141. The lowest BCUT2D eigenvalue weighted by atomic mass is 10.3. The molecule has 0 aromatic carbocycles. The molecule has 0 unspecified atom stereocenters. The highest BCUT2D eigenvalue weighted by molar-refractivity contribution is 5.78. The number of pyridine rings is 1. The molecule has 1 atom stereocenters. The van der Waals surface area contributed by atoms with Gasteiger partial charge in [0.25, 0.3) is 0 Å². The first-order valence-electron chi connectivity index (χ1n) is 3.99. The first-order valence-corrected chi connectivity index (χ1v) is 3.99. The molecule has 13 heavy (non-hydrogen) atoms. The number of ether oxygens (including phenoxy) is 1. The van der Waals surface area contributed by atoms with Gasteiger partial charge in [0.1, 0.15) is 11.9 Å². The van der Waals surface area contributed by atoms with E-state index in [1.54, 1.807) is 19.2 Å². The van der Waals surface area contributed by atoms with Gasteiger partial charge in [0.05, 0.1) is 7.11 Å². The SMILES string of the molecule is COC(=O)[C@H](C)Nc1ccccn1. The minimum Gasteiger partial charge on any atom is -0.467 e. The second-order valence-electron chi connectivity index (χ2n) is 2.60. The molecule has 0 radical (unpaired) electrons. The van der Waals surface area contributed by atoms with Crippen LogP contribution < -0.4 is 5.32 Å². The number of hydrogen-bond acceptors (Lipinski definition) is 4. The lowest BCUT2D eigenvalue weighted by Crippen LogP contribution is -2.27. The molecule has 4 nitrogen and oxygen atoms in total. The first kappa shape index (κ1) is 9.51. The van der Waals surface area contributed by atoms with Gasteiger partial charge in [0.15, 0.2) is 0 Å². The van der Waals surface area contributed by atoms with E-state index in [0.717, 1.165) is 0 Å². The van der Waals surface area contributed by atoms with Crippen LogP contribution in [0.2, 0.25) is 0 Å². The third kappa shape index (κ3) is 2.74. The summed E-state index contributed by atoms with van der Waals surface area (Å²) in [6, 6.07) is 5.08. The molecule has 70 valence electrons. The van der Waals surface area contributed by atoms with Crippen LogP contribution >= 0.6 is 0 Å². The van der Waals surface area contributed by atoms with E-state index in [9.17, 15) is 4.79 Å². The molecule has 1 aromatic heterocycles. The van der Waals surface area contributed by atoms with Crippen molar-refractivity contribution in [3.8, 4) is 0 Å². The van der Waals surface area contributed by atoms with Crippen LogP contribution in [-0.4, -0.2) is 24.1 Å². The maximum atomic E-state index is 11.0. The molecule has 0 aliphatic heterocycles. The van der Waals surface area contributed by atoms with Crippen LogP contribution in [0.4, 0.5) is 5.82 Å². The Balaban J connectivity index is 2.55. The molecular formula is C9H12N2O2. The number of aromatic nitrogens is 1. The number of carbonyl (C=O) groups is 1. The molecule has 1 heterocycles. The average molecular weight is 180 g/mol. The molecule has 0 saturated carbocycles. The molecule has 1 N–H and O–H groups in total. The monoisotopic (exact) mass is 180 g/mol. The van der Waals surface area contributed by atoms with Crippen LogP contribution in [-0.2, 0) is 9.53 Å². The molecule has 1 aromatic rings. The highest BCUT2D eigenvalue weighted by Gasteiger charge is 2.11. The van der Waals surface area contributed by atoms with Gasteiger partial charge in [-0.3, -0.25) is 0 Å². The Kier molecular flexibility index (Phi) is 3.25. The van der Waals surface area contributed by atoms with E-state index in [2.05, 4.69) is 15.0 Å². The summed E-state index contributed by atoms with van der Waals surface area (Å²) in [5.74, 6) is 0.367. The van der Waals surface area contributed by atoms with Gasteiger partial charge in [0, 0.05) is 6.20 Å². The average Bonchev–Trinajstić information content (AvgIpc) is 2.18. The molecule has 0 fully saturated rings. The predicted octanol–water partition coefficient (Wildman–Crippen LogP) is 1.05. The third-order valence-electron chi connectivity index (χ3n) is 1.58. The van der Waals surface area contributed by atoms with E-state index in [1.807, 2.05) is 12.1 Å². The fourth-order valence-electron chi connectivity index (χ4n) is 0.906. The third-order valence-corrected chi connectivity index (χ3v) is 1.58. The summed E-state index contributed by atoms with van der Waals surface area (Å²) in [4.78, 5) is 15.0. The Labute approximate surface area is 76.9 Å². The van der Waals surface area contributed by atoms with Crippen molar-refractivity contribution in [2.75, 3.05) is 12.4 Å². The van der Waals surface area contributed by atoms with Gasteiger partial charge in [-0.1, -0.05) is 6.07 Å². The minimum atomic E-state index is -0.375. The molecule has 0 saturated heterocycles. The van der Waals surface area contributed by atoms with Gasteiger partial charge >= 0.3 is 5.97 Å². The highest BCUT2D eigenvalue weighted by atomic mass is 16.5. The van der Waals surface area contributed by atoms with Gasteiger partial charge in [-0.05, 0) is 19.1 Å². The van der Waals surface area contributed by atoms with E-state index in [1.165, 1.54) is 7.11 Å². The molecular weight excluding hydrogens is 168 g/mol. The predicted molar refractivity (Wildman–Crippen MR) is 49.3 cm³/mol. The van der Waals surface area contributed by atoms with E-state index in [4.69, 9.17) is 0 Å². The number of nitrogens with zero attached hydrogens (tertiary/aromatic N) is 1. The Morgan fingerprint density at radius 3 is 2.92 bits per heavy atom. The fourth-order valence-corrected chi connectivity index (χ4v) is 0.906. The summed E-state index contributed by atoms with van der Waals surface area (Å²) in [5, 5.41) is 2.91. The van der Waals surface area contributed by atoms with Crippen molar-refractivity contribution in [2.45, 2.75) is 13.0 Å². The first-order chi connectivity index (χ1) is 6.24. The zero-order chi connectivity index (χ0) is 9.68. The van der Waals surface area contributed by atoms with E-state index in [0.29, 0.717) is 5.82 Å². The van der Waals surface area contributed by atoms with Gasteiger partial charge in [-0.15, -0.1) is 0 Å². The second kappa shape index (κ2) is 4.45. The fraction of sp³-hybridized carbons (Fsp3) is 0.333. The maximum Gasteiger partial charge on any atom is 0.328 e. The lowest BCUT2D eigenvalue weighted by Gasteiger charge is -2.11. The number of hydrogen-bond donors (Lipinski definition) is 1. The van der Waals surface area contributed by atoms with Crippen LogP contribution in [0, 0.1) is 0 Å². The Hall–Kier alpha value is -1.58. The van der Waals surface area contributed by atoms with Crippen molar-refractivity contribution in [3.63, 3.8) is 0 Å². The molecule has 4 heteroatoms. The standard InChI is InChI=1S/C9H12N2O2/c1-7(9(12)13-2)11-8-5-3-4-6-10-8/h3-7H,1-2H3,(H,10,11)/t7-/m0/s1. The number of anilines is 1. The van der Waals surface area contributed by atoms with E-state index < -0.39 is 0 Å². The van der Waals surface area contributed by atoms with Crippen molar-refractivity contribution < 1.29 is 9.53 Å². The van der Waals surface area contributed by atoms with E-state index >= 15 is 0 Å². The summed E-state index contributed by atoms with van der Waals surface area (Å²) in [6.07, 6.45) is 1.66. The van der Waals surface area contributed by atoms with Gasteiger partial charge in [-0.25, -0.2) is 9.78 Å². The van der Waals surface area contributed by atoms with Gasteiger partial charge in [0.2, 0.25) is 0 Å². The molecule has 0 bridgehead atoms. The van der Waals surface area contributed by atoms with Crippen LogP contribution in [0.1, 0.15) is 6.92 Å². The van der Waals surface area contributed by atoms with E-state index in [-0.39, 0.29) is 12.0 Å². The number of carbonyl (C=O) groups excluding carboxylic acids is 1. The summed E-state index contributed by atoms with van der Waals surface area (Å²) < 4.78 is 4.55. The summed E-state index contributed by atoms with van der Waals surface area (Å²) in [7, 11) is 1.36. The molecule has 0 aliphatic carbocycles. The van der Waals surface area contributed by atoms with Crippen LogP contribution in [0.25, 0.3) is 0 Å². The van der Waals surface area contributed by atoms with Crippen LogP contribution in [0.15, 0.2) is 24.4 Å². The van der Waals surface area contributed by atoms with Crippen LogP contribution in [0.3, 0.4) is 0 Å². The number of esters is 1. The van der Waals surface area contributed by atoms with Crippen molar-refractivity contribution in [1.29, 1.82) is 0 Å². The smallest absolute Gasteiger partial charge is 0.328 e. The Morgan fingerprint density at radius 2 is 2.38 bits per heavy atom. The Morgan fingerprint density at radius 1 is 1.62 bits per heavy atom. The second-order valence-corrected chi connectivity index (χ2v) is 2.60. The van der Waals surface area contributed by atoms with Crippen molar-refractivity contribution in [2.24, 2.45) is 0 Å². The number of nitrogens with one attached hydrogen (secondary N) is 1. The van der Waals surface area contributed by atoms with Gasteiger partial charge in [-0.2, -0.15) is 0 Å². The van der Waals surface area contributed by atoms with Gasteiger partial charge < -0.3 is 10.1 Å². The molecule has 0 aliphatic rings. The highest BCUT2D eigenvalue weighted by Crippen LogP contribution is 2.02. The largest absolute Gasteiger partial charge is 0.467 e. The number of rotatable bonds is 3. The number of methoxy groups -OCH3 is 1. The van der Waals surface area contributed by atoms with Crippen molar-refractivity contribution in [3.05, 3.63) is 24.4 Å². The molecule has 0 spiro atoms. The summed E-state index contributed by atoms with van der Waals surface area (Å²) in [5.41, 5.74) is 0. The normalized spacial score (nSPS) is 11.8. The summed E-state index contributed by atoms with van der Waals surface area (Å²) >= 11 is 0. The maximum absolute atomic E-state index is 11.0. The summed E-state index contributed by atoms with van der Waals surface area (Å²) in [6.45, 7) is 1.72. The van der Waals surface area contributed by atoms with Crippen molar-refractivity contribution >= 4 is 11.8 Å². The van der Waals surface area contributed by atoms with Crippen LogP contribution in [0.5, 0.6) is 0 Å². The van der Waals surface area contributed by atoms with Crippen molar-refractivity contribution in [1.82, 2.24) is 4.98 Å². The minimum absolute atomic E-state index is 0.300. The quantitative estimate of drug-likeness (QED) is 0.706. The topological polar surface area (TPSA) is 51.2 Å². The molecule has 1 rings (SSSR count). The zero-order valence-electron chi connectivity index (χ0n) is 7.65.